The van der Waals surface area contributed by atoms with Crippen LogP contribution in [0.2, 0.25) is 5.02 Å². The molecule has 0 spiro atoms. The van der Waals surface area contributed by atoms with Gasteiger partial charge in [0.1, 0.15) is 17.5 Å². The quantitative estimate of drug-likeness (QED) is 0.539. The number of ether oxygens (including phenoxy) is 2. The number of carbonyl (C=O) groups is 1. The number of rotatable bonds is 10. The van der Waals surface area contributed by atoms with Gasteiger partial charge in [0.05, 0.1) is 32.2 Å². The lowest BCUT2D eigenvalue weighted by atomic mass is 10.0. The summed E-state index contributed by atoms with van der Waals surface area (Å²) >= 11 is 6.13. The zero-order valence-electron chi connectivity index (χ0n) is 19.3. The Balaban J connectivity index is 2.44. The fourth-order valence-corrected chi connectivity index (χ4v) is 5.05. The van der Waals surface area contributed by atoms with Crippen LogP contribution in [0.5, 0.6) is 11.5 Å². The Kier molecular flexibility index (Phi) is 8.81. The molecule has 2 aromatic rings. The summed E-state index contributed by atoms with van der Waals surface area (Å²) < 4.78 is 37.3. The van der Waals surface area contributed by atoms with Gasteiger partial charge in [0.25, 0.3) is 0 Å². The Morgan fingerprint density at radius 2 is 1.69 bits per heavy atom. The van der Waals surface area contributed by atoms with Crippen LogP contribution in [-0.4, -0.2) is 40.8 Å². The summed E-state index contributed by atoms with van der Waals surface area (Å²) in [5.74, 6) is 0.668. The van der Waals surface area contributed by atoms with Crippen molar-refractivity contribution in [2.24, 2.45) is 0 Å². The second-order valence-electron chi connectivity index (χ2n) is 7.50. The first-order valence-corrected chi connectivity index (χ1v) is 12.6. The first kappa shape index (κ1) is 25.8. The van der Waals surface area contributed by atoms with Gasteiger partial charge in [-0.25, -0.2) is 8.42 Å². The summed E-state index contributed by atoms with van der Waals surface area (Å²) in [5.41, 5.74) is 2.09. The maximum atomic E-state index is 13.4. The molecule has 0 saturated carbocycles. The SMILES string of the molecule is CC[C@H](NC(=O)[C@H](CC)N(c1cc(Cl)ccc1OC)S(C)(=O)=O)c1ccc(OC)c(C)c1. The standard InChI is InChI=1S/C23H31ClN2O5S/c1-7-18(16-9-11-21(30-4)15(3)13-16)25-23(27)19(8-2)26(32(6,28)29)20-14-17(24)10-12-22(20)31-5/h9-14,18-19H,7-8H2,1-6H3,(H,25,27)/t18-,19-/m0/s1. The van der Waals surface area contributed by atoms with Crippen LogP contribution < -0.4 is 19.1 Å². The number of nitrogens with one attached hydrogen (secondary N) is 1. The highest BCUT2D eigenvalue weighted by Gasteiger charge is 2.34. The van der Waals surface area contributed by atoms with E-state index in [1.165, 1.54) is 13.2 Å². The number of benzene rings is 2. The number of aryl methyl sites for hydroxylation is 1. The third kappa shape index (κ3) is 5.86. The molecule has 0 aliphatic rings. The van der Waals surface area contributed by atoms with E-state index in [9.17, 15) is 13.2 Å². The molecule has 1 amide bonds. The first-order chi connectivity index (χ1) is 15.1. The molecule has 176 valence electrons. The van der Waals surface area contributed by atoms with Gasteiger partial charge in [0, 0.05) is 5.02 Å². The largest absolute Gasteiger partial charge is 0.496 e. The Labute approximate surface area is 195 Å². The van der Waals surface area contributed by atoms with E-state index in [1.54, 1.807) is 26.2 Å². The van der Waals surface area contributed by atoms with E-state index in [1.807, 2.05) is 32.0 Å². The summed E-state index contributed by atoms with van der Waals surface area (Å²) in [5, 5.41) is 3.35. The van der Waals surface area contributed by atoms with Crippen molar-refractivity contribution in [2.75, 3.05) is 24.8 Å². The Bertz CT molecular complexity index is 1060. The lowest BCUT2D eigenvalue weighted by Crippen LogP contribution is -2.50. The molecule has 0 fully saturated rings. The number of methoxy groups -OCH3 is 2. The van der Waals surface area contributed by atoms with Crippen molar-refractivity contribution < 1.29 is 22.7 Å². The number of hydrogen-bond acceptors (Lipinski definition) is 5. The molecule has 2 atom stereocenters. The fraction of sp³-hybridized carbons (Fsp3) is 0.435. The van der Waals surface area contributed by atoms with E-state index >= 15 is 0 Å². The molecule has 1 N–H and O–H groups in total. The first-order valence-electron chi connectivity index (χ1n) is 10.3. The van der Waals surface area contributed by atoms with Crippen molar-refractivity contribution in [1.29, 1.82) is 0 Å². The van der Waals surface area contributed by atoms with Gasteiger partial charge in [0.15, 0.2) is 0 Å². The van der Waals surface area contributed by atoms with Crippen LogP contribution in [0.1, 0.15) is 43.9 Å². The molecule has 9 heteroatoms. The minimum atomic E-state index is -3.83. The Morgan fingerprint density at radius 3 is 2.19 bits per heavy atom. The number of halogens is 1. The highest BCUT2D eigenvalue weighted by Crippen LogP contribution is 2.35. The van der Waals surface area contributed by atoms with Gasteiger partial charge in [-0.05, 0) is 55.2 Å². The summed E-state index contributed by atoms with van der Waals surface area (Å²) in [6, 6.07) is 9.12. The van der Waals surface area contributed by atoms with Gasteiger partial charge >= 0.3 is 0 Å². The topological polar surface area (TPSA) is 84.9 Å². The van der Waals surface area contributed by atoms with Gasteiger partial charge in [0.2, 0.25) is 15.9 Å². The van der Waals surface area contributed by atoms with Gasteiger partial charge in [-0.15, -0.1) is 0 Å². The molecule has 32 heavy (non-hydrogen) atoms. The zero-order valence-corrected chi connectivity index (χ0v) is 20.9. The van der Waals surface area contributed by atoms with Crippen LogP contribution in [-0.2, 0) is 14.8 Å². The van der Waals surface area contributed by atoms with Crippen LogP contribution in [0.25, 0.3) is 0 Å². The van der Waals surface area contributed by atoms with Crippen LogP contribution in [0, 0.1) is 6.92 Å². The summed E-state index contributed by atoms with van der Waals surface area (Å²) in [7, 11) is -0.783. The van der Waals surface area contributed by atoms with Crippen molar-refractivity contribution >= 4 is 33.2 Å². The Hall–Kier alpha value is -2.45. The molecule has 0 unspecified atom stereocenters. The monoisotopic (exact) mass is 482 g/mol. The minimum absolute atomic E-state index is 0.220. The zero-order chi connectivity index (χ0) is 24.1. The third-order valence-electron chi connectivity index (χ3n) is 5.25. The number of sulfonamides is 1. The maximum absolute atomic E-state index is 13.4. The van der Waals surface area contributed by atoms with E-state index in [0.717, 1.165) is 27.4 Å². The van der Waals surface area contributed by atoms with Crippen molar-refractivity contribution in [3.8, 4) is 11.5 Å². The Morgan fingerprint density at radius 1 is 1.06 bits per heavy atom. The van der Waals surface area contributed by atoms with E-state index in [-0.39, 0.29) is 18.2 Å². The molecule has 0 radical (unpaired) electrons. The van der Waals surface area contributed by atoms with Crippen molar-refractivity contribution in [3.63, 3.8) is 0 Å². The molecule has 2 aromatic carbocycles. The van der Waals surface area contributed by atoms with Gasteiger partial charge in [-0.1, -0.05) is 37.6 Å². The molecule has 2 rings (SSSR count). The van der Waals surface area contributed by atoms with Crippen molar-refractivity contribution in [3.05, 3.63) is 52.5 Å². The van der Waals surface area contributed by atoms with Gasteiger partial charge in [-0.2, -0.15) is 0 Å². The van der Waals surface area contributed by atoms with Crippen molar-refractivity contribution in [1.82, 2.24) is 5.32 Å². The molecule has 0 aliphatic carbocycles. The molecule has 0 heterocycles. The van der Waals surface area contributed by atoms with Crippen LogP contribution >= 0.6 is 11.6 Å². The maximum Gasteiger partial charge on any atom is 0.244 e. The molecule has 0 saturated heterocycles. The van der Waals surface area contributed by atoms with Gasteiger partial charge < -0.3 is 14.8 Å². The second-order valence-corrected chi connectivity index (χ2v) is 9.79. The highest BCUT2D eigenvalue weighted by atomic mass is 35.5. The smallest absolute Gasteiger partial charge is 0.244 e. The van der Waals surface area contributed by atoms with Gasteiger partial charge in [-0.3, -0.25) is 9.10 Å². The summed E-state index contributed by atoms with van der Waals surface area (Å²) in [4.78, 5) is 13.4. The highest BCUT2D eigenvalue weighted by molar-refractivity contribution is 7.92. The fourth-order valence-electron chi connectivity index (χ4n) is 3.68. The van der Waals surface area contributed by atoms with E-state index in [4.69, 9.17) is 21.1 Å². The number of carbonyl (C=O) groups excluding carboxylic acids is 1. The normalized spacial score (nSPS) is 13.2. The third-order valence-corrected chi connectivity index (χ3v) is 6.65. The van der Waals surface area contributed by atoms with E-state index in [2.05, 4.69) is 5.32 Å². The lowest BCUT2D eigenvalue weighted by molar-refractivity contribution is -0.123. The molecule has 0 aliphatic heterocycles. The summed E-state index contributed by atoms with van der Waals surface area (Å²) in [6.07, 6.45) is 1.95. The van der Waals surface area contributed by atoms with Crippen LogP contribution in [0.4, 0.5) is 5.69 Å². The van der Waals surface area contributed by atoms with E-state index < -0.39 is 22.0 Å². The second kappa shape index (κ2) is 10.9. The van der Waals surface area contributed by atoms with Crippen LogP contribution in [0.15, 0.2) is 36.4 Å². The predicted molar refractivity (Wildman–Crippen MR) is 128 cm³/mol. The molecular weight excluding hydrogens is 452 g/mol. The molecule has 7 nitrogen and oxygen atoms in total. The average Bonchev–Trinajstić information content (AvgIpc) is 2.74. The number of amides is 1. The minimum Gasteiger partial charge on any atom is -0.496 e. The molecule has 0 bridgehead atoms. The van der Waals surface area contributed by atoms with Crippen molar-refractivity contribution in [2.45, 2.75) is 45.7 Å². The number of anilines is 1. The molecular formula is C23H31ClN2O5S. The molecule has 0 aromatic heterocycles. The lowest BCUT2D eigenvalue weighted by Gasteiger charge is -2.32. The summed E-state index contributed by atoms with van der Waals surface area (Å²) in [6.45, 7) is 5.65. The predicted octanol–water partition coefficient (Wildman–Crippen LogP) is 4.48. The van der Waals surface area contributed by atoms with Crippen LogP contribution in [0.3, 0.4) is 0 Å². The number of nitrogens with zero attached hydrogens (tertiary/aromatic N) is 1. The number of hydrogen-bond donors (Lipinski definition) is 1. The average molecular weight is 483 g/mol. The van der Waals surface area contributed by atoms with E-state index in [0.29, 0.717) is 17.2 Å².